The fraction of sp³-hybridized carbons (Fsp3) is 0.188. The van der Waals surface area contributed by atoms with Gasteiger partial charge in [-0.3, -0.25) is 4.79 Å². The average Bonchev–Trinajstić information content (AvgIpc) is 3.20. The molecule has 1 heterocycles. The van der Waals surface area contributed by atoms with Crippen molar-refractivity contribution in [2.45, 2.75) is 19.1 Å². The average molecular weight is 238 g/mol. The molecule has 0 unspecified atom stereocenters. The molecule has 0 aliphatic carbocycles. The van der Waals surface area contributed by atoms with Gasteiger partial charge in [0.1, 0.15) is 6.10 Å². The fourth-order valence-electron chi connectivity index (χ4n) is 2.09. The van der Waals surface area contributed by atoms with Crippen molar-refractivity contribution >= 4 is 5.78 Å². The van der Waals surface area contributed by atoms with E-state index < -0.39 is 0 Å². The van der Waals surface area contributed by atoms with E-state index in [1.54, 1.807) is 0 Å². The Balaban J connectivity index is 1.75. The van der Waals surface area contributed by atoms with Gasteiger partial charge in [0.05, 0.1) is 0 Å². The molecule has 90 valence electrons. The van der Waals surface area contributed by atoms with Gasteiger partial charge in [0.2, 0.25) is 0 Å². The van der Waals surface area contributed by atoms with Gasteiger partial charge in [0, 0.05) is 5.56 Å². The van der Waals surface area contributed by atoms with Crippen LogP contribution in [0.1, 0.15) is 27.6 Å². The lowest BCUT2D eigenvalue weighted by molar-refractivity contribution is 0.0953. The Hall–Kier alpha value is -1.93. The molecule has 2 aromatic rings. The van der Waals surface area contributed by atoms with E-state index in [0.717, 1.165) is 11.1 Å². The molecule has 1 fully saturated rings. The molecule has 1 aliphatic heterocycles. The maximum atomic E-state index is 12.1. The zero-order chi connectivity index (χ0) is 12.5. The van der Waals surface area contributed by atoms with Gasteiger partial charge in [-0.05, 0) is 12.5 Å². The number of hydrogen-bond acceptors (Lipinski definition) is 2. The topological polar surface area (TPSA) is 29.6 Å². The highest BCUT2D eigenvalue weighted by atomic mass is 16.6. The molecule has 0 radical (unpaired) electrons. The van der Waals surface area contributed by atoms with Crippen LogP contribution in [0.4, 0.5) is 0 Å². The summed E-state index contributed by atoms with van der Waals surface area (Å²) < 4.78 is 5.51. The second-order valence-corrected chi connectivity index (χ2v) is 4.62. The van der Waals surface area contributed by atoms with Crippen LogP contribution in [0.3, 0.4) is 0 Å². The lowest BCUT2D eigenvalue weighted by Crippen LogP contribution is -2.07. The lowest BCUT2D eigenvalue weighted by Gasteiger charge is -1.98. The molecule has 2 nitrogen and oxygen atoms in total. The zero-order valence-corrected chi connectivity index (χ0v) is 10.2. The van der Waals surface area contributed by atoms with Gasteiger partial charge in [-0.1, -0.05) is 60.2 Å². The quantitative estimate of drug-likeness (QED) is 0.606. The molecule has 2 heteroatoms. The largest absolute Gasteiger partial charge is 0.356 e. The standard InChI is InChI=1S/C16H14O2/c1-11-7-9-13(10-8-11)15-16(18-15)14(17)12-5-3-2-4-6-12/h2-10,15-16H,1H3/t15-,16+/m0/s1. The summed E-state index contributed by atoms with van der Waals surface area (Å²) in [7, 11) is 0. The number of aryl methyl sites for hydroxylation is 1. The second kappa shape index (κ2) is 4.39. The second-order valence-electron chi connectivity index (χ2n) is 4.62. The molecule has 0 amide bonds. The van der Waals surface area contributed by atoms with Crippen LogP contribution in [0, 0.1) is 6.92 Å². The van der Waals surface area contributed by atoms with Crippen molar-refractivity contribution in [1.29, 1.82) is 0 Å². The third-order valence-corrected chi connectivity index (χ3v) is 3.21. The summed E-state index contributed by atoms with van der Waals surface area (Å²) in [6.07, 6.45) is -0.381. The van der Waals surface area contributed by atoms with Gasteiger partial charge >= 0.3 is 0 Å². The van der Waals surface area contributed by atoms with Crippen LogP contribution >= 0.6 is 0 Å². The normalized spacial score (nSPS) is 21.6. The summed E-state index contributed by atoms with van der Waals surface area (Å²) in [5.41, 5.74) is 3.01. The van der Waals surface area contributed by atoms with Gasteiger partial charge in [0.15, 0.2) is 11.9 Å². The zero-order valence-electron chi connectivity index (χ0n) is 10.2. The molecule has 0 spiro atoms. The first-order valence-electron chi connectivity index (χ1n) is 6.07. The highest BCUT2D eigenvalue weighted by Crippen LogP contribution is 2.40. The molecule has 18 heavy (non-hydrogen) atoms. The van der Waals surface area contributed by atoms with Crippen LogP contribution in [-0.2, 0) is 4.74 Å². The molecule has 3 rings (SSSR count). The van der Waals surface area contributed by atoms with E-state index in [4.69, 9.17) is 4.74 Å². The first kappa shape index (κ1) is 11.2. The van der Waals surface area contributed by atoms with Crippen molar-refractivity contribution in [2.24, 2.45) is 0 Å². The number of Topliss-reactive ketones (excluding diaryl/α,β-unsaturated/α-hetero) is 1. The SMILES string of the molecule is Cc1ccc([C@@H]2O[C@@H]2C(=O)c2ccccc2)cc1. The van der Waals surface area contributed by atoms with Crippen LogP contribution in [0.2, 0.25) is 0 Å². The molecule has 0 saturated carbocycles. The van der Waals surface area contributed by atoms with Gasteiger partial charge in [-0.15, -0.1) is 0 Å². The number of benzene rings is 2. The Morgan fingerprint density at radius 2 is 1.67 bits per heavy atom. The van der Waals surface area contributed by atoms with E-state index in [1.165, 1.54) is 5.56 Å². The van der Waals surface area contributed by atoms with E-state index in [1.807, 2.05) is 61.5 Å². The number of rotatable bonds is 3. The van der Waals surface area contributed by atoms with Gasteiger partial charge in [0.25, 0.3) is 0 Å². The smallest absolute Gasteiger partial charge is 0.194 e. The number of carbonyl (C=O) groups excluding carboxylic acids is 1. The molecule has 0 N–H and O–H groups in total. The summed E-state index contributed by atoms with van der Waals surface area (Å²) in [4.78, 5) is 12.1. The van der Waals surface area contributed by atoms with E-state index >= 15 is 0 Å². The summed E-state index contributed by atoms with van der Waals surface area (Å²) in [5.74, 6) is 0.0705. The van der Waals surface area contributed by atoms with Crippen molar-refractivity contribution < 1.29 is 9.53 Å². The van der Waals surface area contributed by atoms with Crippen molar-refractivity contribution in [2.75, 3.05) is 0 Å². The van der Waals surface area contributed by atoms with Gasteiger partial charge in [-0.25, -0.2) is 0 Å². The van der Waals surface area contributed by atoms with Crippen LogP contribution in [0.15, 0.2) is 54.6 Å². The van der Waals surface area contributed by atoms with Crippen LogP contribution in [-0.4, -0.2) is 11.9 Å². The minimum absolute atomic E-state index is 0.0705. The van der Waals surface area contributed by atoms with Crippen molar-refractivity contribution in [3.05, 3.63) is 71.3 Å². The number of hydrogen-bond donors (Lipinski definition) is 0. The van der Waals surface area contributed by atoms with Crippen molar-refractivity contribution in [1.82, 2.24) is 0 Å². The molecule has 1 saturated heterocycles. The van der Waals surface area contributed by atoms with Crippen LogP contribution in [0.5, 0.6) is 0 Å². The third kappa shape index (κ3) is 2.07. The maximum Gasteiger partial charge on any atom is 0.194 e. The number of ether oxygens (including phenoxy) is 1. The molecule has 0 bridgehead atoms. The van der Waals surface area contributed by atoms with Gasteiger partial charge < -0.3 is 4.74 Å². The predicted octanol–water partition coefficient (Wildman–Crippen LogP) is 3.32. The minimum Gasteiger partial charge on any atom is -0.356 e. The third-order valence-electron chi connectivity index (χ3n) is 3.21. The number of carbonyl (C=O) groups is 1. The monoisotopic (exact) mass is 238 g/mol. The molecule has 2 aromatic carbocycles. The fourth-order valence-corrected chi connectivity index (χ4v) is 2.09. The molecule has 0 aromatic heterocycles. The Morgan fingerprint density at radius 3 is 2.33 bits per heavy atom. The van der Waals surface area contributed by atoms with Crippen molar-refractivity contribution in [3.8, 4) is 0 Å². The Bertz CT molecular complexity index is 557. The van der Waals surface area contributed by atoms with E-state index in [2.05, 4.69) is 0 Å². The molecule has 1 aliphatic rings. The molecular formula is C16H14O2. The first-order chi connectivity index (χ1) is 8.75. The van der Waals surface area contributed by atoms with E-state index in [-0.39, 0.29) is 18.0 Å². The van der Waals surface area contributed by atoms with Crippen LogP contribution in [0.25, 0.3) is 0 Å². The van der Waals surface area contributed by atoms with Gasteiger partial charge in [-0.2, -0.15) is 0 Å². The van der Waals surface area contributed by atoms with Crippen LogP contribution < -0.4 is 0 Å². The summed E-state index contributed by atoms with van der Waals surface area (Å²) in [6, 6.07) is 17.4. The minimum atomic E-state index is -0.310. The highest BCUT2D eigenvalue weighted by Gasteiger charge is 2.45. The Labute approximate surface area is 106 Å². The van der Waals surface area contributed by atoms with Crippen molar-refractivity contribution in [3.63, 3.8) is 0 Å². The summed E-state index contributed by atoms with van der Waals surface area (Å²) >= 11 is 0. The Morgan fingerprint density at radius 1 is 1.00 bits per heavy atom. The maximum absolute atomic E-state index is 12.1. The van der Waals surface area contributed by atoms with E-state index in [9.17, 15) is 4.79 Å². The number of epoxide rings is 1. The lowest BCUT2D eigenvalue weighted by atomic mass is 10.0. The number of ketones is 1. The first-order valence-corrected chi connectivity index (χ1v) is 6.07. The summed E-state index contributed by atoms with van der Waals surface area (Å²) in [5, 5.41) is 0. The van der Waals surface area contributed by atoms with E-state index in [0.29, 0.717) is 0 Å². The highest BCUT2D eigenvalue weighted by molar-refractivity contribution is 6.01. The molecule has 2 atom stereocenters. The predicted molar refractivity (Wildman–Crippen MR) is 69.6 cm³/mol. The summed E-state index contributed by atoms with van der Waals surface area (Å²) in [6.45, 7) is 2.05. The molecular weight excluding hydrogens is 224 g/mol. The Kier molecular flexibility index (Phi) is 2.73.